The first kappa shape index (κ1) is 14.0. The average molecular weight is 207 g/mol. The van der Waals surface area contributed by atoms with E-state index >= 15 is 0 Å². The van der Waals surface area contributed by atoms with Crippen LogP contribution in [0.5, 0.6) is 0 Å². The van der Waals surface area contributed by atoms with E-state index in [-0.39, 0.29) is 0 Å². The Balaban J connectivity index is 4.84. The van der Waals surface area contributed by atoms with Gasteiger partial charge < -0.3 is 5.32 Å². The van der Waals surface area contributed by atoms with E-state index in [2.05, 4.69) is 52.6 Å². The first-order valence-electron chi connectivity index (χ1n) is 5.62. The van der Waals surface area contributed by atoms with Gasteiger partial charge in [0.1, 0.15) is 0 Å². The van der Waals surface area contributed by atoms with Crippen LogP contribution in [0.3, 0.4) is 0 Å². The summed E-state index contributed by atoms with van der Waals surface area (Å²) >= 11 is 0. The van der Waals surface area contributed by atoms with Crippen molar-refractivity contribution in [3.63, 3.8) is 0 Å². The molecule has 0 atom stereocenters. The lowest BCUT2D eigenvalue weighted by Crippen LogP contribution is -2.17. The van der Waals surface area contributed by atoms with Crippen LogP contribution in [0.2, 0.25) is 0 Å². The van der Waals surface area contributed by atoms with Crippen LogP contribution >= 0.6 is 0 Å². The molecule has 0 aromatic carbocycles. The Kier molecular flexibility index (Phi) is 6.07. The number of hydrogen-bond acceptors (Lipinski definition) is 1. The molecule has 0 aliphatic heterocycles. The van der Waals surface area contributed by atoms with Crippen molar-refractivity contribution in [3.05, 3.63) is 35.1 Å². The molecular formula is C14H25N. The highest BCUT2D eigenvalue weighted by atomic mass is 14.9. The quantitative estimate of drug-likeness (QED) is 0.671. The van der Waals surface area contributed by atoms with Crippen molar-refractivity contribution in [2.24, 2.45) is 5.92 Å². The third-order valence-corrected chi connectivity index (χ3v) is 2.45. The minimum absolute atomic E-state index is 0.576. The van der Waals surface area contributed by atoms with Crippen LogP contribution in [0.15, 0.2) is 35.1 Å². The Bertz CT molecular complexity index is 276. The molecule has 0 saturated heterocycles. The average Bonchev–Trinajstić information content (AvgIpc) is 2.10. The number of hydrogen-bond donors (Lipinski definition) is 1. The molecule has 0 aromatic heterocycles. The summed E-state index contributed by atoms with van der Waals surface area (Å²) in [5.74, 6) is 0.576. The van der Waals surface area contributed by atoms with E-state index in [0.29, 0.717) is 5.92 Å². The van der Waals surface area contributed by atoms with Gasteiger partial charge >= 0.3 is 0 Å². The second-order valence-corrected chi connectivity index (χ2v) is 4.51. The molecule has 0 rings (SSSR count). The molecule has 0 spiro atoms. The van der Waals surface area contributed by atoms with E-state index in [0.717, 1.165) is 12.2 Å². The molecule has 1 nitrogen and oxygen atoms in total. The zero-order valence-electron chi connectivity index (χ0n) is 11.1. The Morgan fingerprint density at radius 1 is 1.27 bits per heavy atom. The number of nitrogens with one attached hydrogen (secondary N) is 1. The van der Waals surface area contributed by atoms with Gasteiger partial charge in [0.15, 0.2) is 0 Å². The van der Waals surface area contributed by atoms with Gasteiger partial charge in [0, 0.05) is 12.2 Å². The molecule has 0 aliphatic carbocycles. The van der Waals surface area contributed by atoms with Gasteiger partial charge in [0.25, 0.3) is 0 Å². The summed E-state index contributed by atoms with van der Waals surface area (Å²) in [6, 6.07) is 0. The van der Waals surface area contributed by atoms with Crippen molar-refractivity contribution in [2.45, 2.75) is 41.5 Å². The second kappa shape index (κ2) is 6.49. The lowest BCUT2D eigenvalue weighted by atomic mass is 9.92. The van der Waals surface area contributed by atoms with Gasteiger partial charge in [0.05, 0.1) is 0 Å². The Labute approximate surface area is 95.0 Å². The highest BCUT2D eigenvalue weighted by molar-refractivity contribution is 5.36. The zero-order valence-corrected chi connectivity index (χ0v) is 11.1. The van der Waals surface area contributed by atoms with Gasteiger partial charge in [-0.2, -0.15) is 0 Å². The normalized spacial score (nSPS) is 11.5. The summed E-state index contributed by atoms with van der Waals surface area (Å²) in [5, 5.41) is 3.30. The molecule has 0 heterocycles. The third-order valence-electron chi connectivity index (χ3n) is 2.45. The van der Waals surface area contributed by atoms with E-state index in [1.54, 1.807) is 0 Å². The maximum atomic E-state index is 3.86. The van der Waals surface area contributed by atoms with Gasteiger partial charge in [0.2, 0.25) is 0 Å². The summed E-state index contributed by atoms with van der Waals surface area (Å²) in [4.78, 5) is 0. The molecule has 0 radical (unpaired) electrons. The summed E-state index contributed by atoms with van der Waals surface area (Å²) < 4.78 is 0. The minimum Gasteiger partial charge on any atom is -0.385 e. The smallest absolute Gasteiger partial charge is 0.0399 e. The number of rotatable bonds is 5. The first-order valence-corrected chi connectivity index (χ1v) is 5.62. The topological polar surface area (TPSA) is 12.0 Å². The van der Waals surface area contributed by atoms with Crippen molar-refractivity contribution in [3.8, 4) is 0 Å². The lowest BCUT2D eigenvalue weighted by molar-refractivity contribution is 0.747. The molecule has 1 heteroatoms. The maximum Gasteiger partial charge on any atom is 0.0399 e. The van der Waals surface area contributed by atoms with Crippen molar-refractivity contribution >= 4 is 0 Å². The van der Waals surface area contributed by atoms with Crippen LogP contribution in [0.25, 0.3) is 0 Å². The fraction of sp³-hybridized carbons (Fsp3) is 0.571. The third kappa shape index (κ3) is 4.87. The second-order valence-electron chi connectivity index (χ2n) is 4.51. The minimum atomic E-state index is 0.576. The van der Waals surface area contributed by atoms with Crippen molar-refractivity contribution < 1.29 is 0 Å². The van der Waals surface area contributed by atoms with Gasteiger partial charge in [-0.3, -0.25) is 0 Å². The molecule has 0 bridgehead atoms. The van der Waals surface area contributed by atoms with Gasteiger partial charge in [-0.05, 0) is 44.8 Å². The van der Waals surface area contributed by atoms with Crippen LogP contribution in [0.4, 0.5) is 0 Å². The monoisotopic (exact) mass is 207 g/mol. The molecule has 0 aliphatic rings. The molecule has 1 N–H and O–H groups in total. The molecule has 15 heavy (non-hydrogen) atoms. The summed E-state index contributed by atoms with van der Waals surface area (Å²) in [5.41, 5.74) is 5.25. The summed E-state index contributed by atoms with van der Waals surface area (Å²) in [6.07, 6.45) is 2.22. The van der Waals surface area contributed by atoms with Gasteiger partial charge in [-0.25, -0.2) is 0 Å². The van der Waals surface area contributed by atoms with Gasteiger partial charge in [-0.15, -0.1) is 0 Å². The standard InChI is InChI=1S/C14H25N/c1-8-13(10(2)3)14(11(4)5)9-15-12(6)7/h8,10,15H,6,9H2,1-5,7H3/b13-8-. The largest absolute Gasteiger partial charge is 0.385 e. The molecule has 0 saturated carbocycles. The molecule has 0 aromatic rings. The predicted octanol–water partition coefficient (Wildman–Crippen LogP) is 4.05. The number of allylic oxidation sites excluding steroid dienone is 3. The SMILES string of the molecule is C=C(C)NCC(=C(C)C)/C(=C\C)C(C)C. The van der Waals surface area contributed by atoms with Crippen molar-refractivity contribution in [1.82, 2.24) is 5.32 Å². The Morgan fingerprint density at radius 3 is 2.07 bits per heavy atom. The van der Waals surface area contributed by atoms with Gasteiger partial charge in [-0.1, -0.05) is 32.1 Å². The summed E-state index contributed by atoms with van der Waals surface area (Å²) in [6.45, 7) is 17.7. The van der Waals surface area contributed by atoms with Crippen LogP contribution < -0.4 is 5.32 Å². The fourth-order valence-corrected chi connectivity index (χ4v) is 1.66. The molecule has 0 fully saturated rings. The van der Waals surface area contributed by atoms with E-state index < -0.39 is 0 Å². The highest BCUT2D eigenvalue weighted by Gasteiger charge is 2.09. The van der Waals surface area contributed by atoms with E-state index in [1.807, 2.05) is 6.92 Å². The van der Waals surface area contributed by atoms with Crippen molar-refractivity contribution in [1.29, 1.82) is 0 Å². The lowest BCUT2D eigenvalue weighted by Gasteiger charge is -2.18. The van der Waals surface area contributed by atoms with E-state index in [4.69, 9.17) is 0 Å². The van der Waals surface area contributed by atoms with Crippen molar-refractivity contribution in [2.75, 3.05) is 6.54 Å². The van der Waals surface area contributed by atoms with Crippen LogP contribution in [0.1, 0.15) is 41.5 Å². The van der Waals surface area contributed by atoms with Crippen LogP contribution in [-0.4, -0.2) is 6.54 Å². The highest BCUT2D eigenvalue weighted by Crippen LogP contribution is 2.22. The Morgan fingerprint density at radius 2 is 1.80 bits per heavy atom. The zero-order chi connectivity index (χ0) is 12.0. The fourth-order valence-electron chi connectivity index (χ4n) is 1.66. The predicted molar refractivity (Wildman–Crippen MR) is 69.8 cm³/mol. The summed E-state index contributed by atoms with van der Waals surface area (Å²) in [7, 11) is 0. The van der Waals surface area contributed by atoms with E-state index in [1.165, 1.54) is 16.7 Å². The van der Waals surface area contributed by atoms with Crippen LogP contribution in [0, 0.1) is 5.92 Å². The first-order chi connectivity index (χ1) is 6.90. The maximum absolute atomic E-state index is 3.86. The van der Waals surface area contributed by atoms with Crippen LogP contribution in [-0.2, 0) is 0 Å². The Hall–Kier alpha value is -0.980. The molecule has 86 valence electrons. The van der Waals surface area contributed by atoms with E-state index in [9.17, 15) is 0 Å². The molecule has 0 unspecified atom stereocenters. The molecule has 0 amide bonds. The molecular weight excluding hydrogens is 182 g/mol.